The first-order chi connectivity index (χ1) is 29.2. The highest BCUT2D eigenvalue weighted by Gasteiger charge is 2.38. The summed E-state index contributed by atoms with van der Waals surface area (Å²) < 4.78 is 58.3. The van der Waals surface area contributed by atoms with E-state index >= 15 is 0 Å². The molecule has 0 atom stereocenters. The van der Waals surface area contributed by atoms with E-state index in [1.165, 1.54) is 19.1 Å². The van der Waals surface area contributed by atoms with E-state index in [0.717, 1.165) is 0 Å². The number of carboxylic acids is 1. The van der Waals surface area contributed by atoms with Gasteiger partial charge in [0.2, 0.25) is 31.9 Å². The maximum Gasteiger partial charge on any atom is 0.340 e. The van der Waals surface area contributed by atoms with Crippen molar-refractivity contribution in [3.05, 3.63) is 115 Å². The monoisotopic (exact) mass is 924 g/mol. The molecule has 3 N–H and O–H groups in total. The smallest absolute Gasteiger partial charge is 0.340 e. The van der Waals surface area contributed by atoms with Gasteiger partial charge in [-0.1, -0.05) is 53.5 Å². The number of nitriles is 2. The molecule has 2 aliphatic heterocycles. The summed E-state index contributed by atoms with van der Waals surface area (Å²) in [6.45, 7) is 5.73. The SMILES string of the molecule is CCOC(=O)c1cc(C#N)c(N2CC(C(=O)NS(=O)(=O)Cc3ccc(Cl)cc3)C2)nc1C.Cc1nc(N2CC(C(=O)NS(=O)(=O)Cc3ccccc3Cl)C2)c(C#N)cc1C(=O)O. The molecule has 0 unspecified atom stereocenters. The quantitative estimate of drug-likeness (QED) is 0.161. The second-order valence-corrected chi connectivity index (χ2v) is 18.4. The highest BCUT2D eigenvalue weighted by Crippen LogP contribution is 2.30. The summed E-state index contributed by atoms with van der Waals surface area (Å²) in [6.07, 6.45) is 0. The number of carboxylic acid groups (broad SMARTS) is 1. The Balaban J connectivity index is 0.000000235. The van der Waals surface area contributed by atoms with Gasteiger partial charge in [0.05, 0.1) is 63.6 Å². The molecule has 2 saturated heterocycles. The number of carbonyl (C=O) groups excluding carboxylic acids is 3. The topological polar surface area (TPSA) is 270 Å². The summed E-state index contributed by atoms with van der Waals surface area (Å²) in [5, 5.41) is 28.7. The highest BCUT2D eigenvalue weighted by molar-refractivity contribution is 7.89. The van der Waals surface area contributed by atoms with Gasteiger partial charge in [0.25, 0.3) is 0 Å². The summed E-state index contributed by atoms with van der Waals surface area (Å²) in [7, 11) is -7.80. The molecule has 2 aliphatic rings. The Morgan fingerprint density at radius 1 is 0.774 bits per heavy atom. The van der Waals surface area contributed by atoms with E-state index in [2.05, 4.69) is 19.4 Å². The van der Waals surface area contributed by atoms with Gasteiger partial charge < -0.3 is 19.6 Å². The number of aryl methyl sites for hydroxylation is 2. The molecule has 2 amide bonds. The number of rotatable bonds is 13. The number of ether oxygens (including phenoxy) is 1. The van der Waals surface area contributed by atoms with E-state index < -0.39 is 61.4 Å². The van der Waals surface area contributed by atoms with E-state index in [1.54, 1.807) is 72.2 Å². The van der Waals surface area contributed by atoms with E-state index in [9.17, 15) is 46.5 Å². The number of carbonyl (C=O) groups is 4. The van der Waals surface area contributed by atoms with Gasteiger partial charge in [0.15, 0.2) is 0 Å². The molecule has 4 aromatic rings. The van der Waals surface area contributed by atoms with Gasteiger partial charge in [-0.2, -0.15) is 10.5 Å². The number of benzene rings is 2. The molecule has 2 aromatic carbocycles. The van der Waals surface area contributed by atoms with Gasteiger partial charge in [-0.3, -0.25) is 19.0 Å². The zero-order valence-electron chi connectivity index (χ0n) is 33.3. The molecule has 18 nitrogen and oxygen atoms in total. The van der Waals surface area contributed by atoms with Crippen molar-refractivity contribution in [3.63, 3.8) is 0 Å². The lowest BCUT2D eigenvalue weighted by Gasteiger charge is -2.39. The minimum Gasteiger partial charge on any atom is -0.478 e. The first-order valence-electron chi connectivity index (χ1n) is 18.5. The summed E-state index contributed by atoms with van der Waals surface area (Å²) >= 11 is 11.8. The Kier molecular flexibility index (Phi) is 14.8. The van der Waals surface area contributed by atoms with Crippen molar-refractivity contribution in [2.24, 2.45) is 11.8 Å². The average molecular weight is 926 g/mol. The number of pyridine rings is 2. The number of anilines is 2. The molecule has 0 bridgehead atoms. The van der Waals surface area contributed by atoms with E-state index in [-0.39, 0.29) is 72.3 Å². The predicted molar refractivity (Wildman–Crippen MR) is 226 cm³/mol. The maximum atomic E-state index is 12.4. The summed E-state index contributed by atoms with van der Waals surface area (Å²) in [5.41, 5.74) is 1.90. The Bertz CT molecular complexity index is 2730. The fraction of sp³-hybridized carbons (Fsp3) is 0.300. The van der Waals surface area contributed by atoms with Crippen molar-refractivity contribution < 1.29 is 45.9 Å². The summed E-state index contributed by atoms with van der Waals surface area (Å²) in [5.74, 6) is -4.38. The number of aromatic carboxylic acids is 1. The minimum atomic E-state index is -3.93. The van der Waals surface area contributed by atoms with Crippen LogP contribution in [0.1, 0.15) is 61.3 Å². The van der Waals surface area contributed by atoms with Crippen molar-refractivity contribution in [1.29, 1.82) is 10.5 Å². The summed E-state index contributed by atoms with van der Waals surface area (Å²) in [4.78, 5) is 59.8. The Morgan fingerprint density at radius 2 is 1.24 bits per heavy atom. The normalized spacial score (nSPS) is 13.9. The third kappa shape index (κ3) is 11.5. The number of aromatic nitrogens is 2. The van der Waals surface area contributed by atoms with E-state index in [1.807, 2.05) is 12.1 Å². The number of amides is 2. The minimum absolute atomic E-state index is 0.0724. The number of nitrogens with zero attached hydrogens (tertiary/aromatic N) is 6. The Hall–Kier alpha value is -6.32. The molecule has 0 aliphatic carbocycles. The van der Waals surface area contributed by atoms with Gasteiger partial charge in [-0.25, -0.2) is 36.4 Å². The summed E-state index contributed by atoms with van der Waals surface area (Å²) in [6, 6.07) is 19.3. The molecule has 0 spiro atoms. The molecule has 6 rings (SSSR count). The van der Waals surface area contributed by atoms with Crippen LogP contribution in [0.15, 0.2) is 60.7 Å². The number of hydrogen-bond donors (Lipinski definition) is 3. The molecule has 0 saturated carbocycles. The van der Waals surface area contributed by atoms with Crippen LogP contribution in [0, 0.1) is 48.3 Å². The Morgan fingerprint density at radius 3 is 1.71 bits per heavy atom. The van der Waals surface area contributed by atoms with Gasteiger partial charge in [-0.15, -0.1) is 0 Å². The van der Waals surface area contributed by atoms with Crippen LogP contribution in [0.2, 0.25) is 10.0 Å². The zero-order valence-corrected chi connectivity index (χ0v) is 36.4. The molecule has 2 fully saturated rings. The van der Waals surface area contributed by atoms with E-state index in [4.69, 9.17) is 33.0 Å². The lowest BCUT2D eigenvalue weighted by molar-refractivity contribution is -0.124. The van der Waals surface area contributed by atoms with E-state index in [0.29, 0.717) is 32.7 Å². The van der Waals surface area contributed by atoms with Crippen LogP contribution in [-0.2, 0) is 45.9 Å². The number of halogens is 2. The lowest BCUT2D eigenvalue weighted by Crippen LogP contribution is -2.55. The second kappa shape index (κ2) is 19.6. The van der Waals surface area contributed by atoms with Crippen molar-refractivity contribution in [2.75, 3.05) is 42.6 Å². The first-order valence-corrected chi connectivity index (χ1v) is 22.6. The Labute approximate surface area is 367 Å². The van der Waals surface area contributed by atoms with Gasteiger partial charge in [0, 0.05) is 36.2 Å². The lowest BCUT2D eigenvalue weighted by atomic mass is 9.98. The molecular formula is C40H38Cl2N8O10S2. The van der Waals surface area contributed by atoms with Crippen molar-refractivity contribution in [1.82, 2.24) is 19.4 Å². The van der Waals surface area contributed by atoms with Crippen LogP contribution in [0.25, 0.3) is 0 Å². The number of esters is 1. The highest BCUT2D eigenvalue weighted by atomic mass is 35.5. The maximum absolute atomic E-state index is 12.4. The molecule has 62 heavy (non-hydrogen) atoms. The molecule has 0 radical (unpaired) electrons. The largest absolute Gasteiger partial charge is 0.478 e. The van der Waals surface area contributed by atoms with Crippen molar-refractivity contribution >= 4 is 78.6 Å². The van der Waals surface area contributed by atoms with Gasteiger partial charge in [-0.05, 0) is 62.2 Å². The number of nitrogens with one attached hydrogen (secondary N) is 2. The fourth-order valence-electron chi connectivity index (χ4n) is 6.26. The average Bonchev–Trinajstić information content (AvgIpc) is 3.15. The zero-order chi connectivity index (χ0) is 45.5. The molecular weight excluding hydrogens is 888 g/mol. The fourth-order valence-corrected chi connectivity index (χ4v) is 9.06. The van der Waals surface area contributed by atoms with Crippen LogP contribution in [-0.4, -0.2) is 88.4 Å². The molecule has 22 heteroatoms. The number of hydrogen-bond acceptors (Lipinski definition) is 15. The van der Waals surface area contributed by atoms with Crippen LogP contribution in [0.4, 0.5) is 11.6 Å². The standard InChI is InChI=1S/C21H21ClN4O5S.C19H17ClN4O5S/c1-3-31-21(28)18-8-15(9-23)19(24-13(18)2)26-10-16(11-26)20(27)25-32(29,30)12-14-4-6-17(22)7-5-14;1-11-15(19(26)27)6-13(7-21)17(22-11)24-8-14(9-24)18(25)23-30(28,29)10-12-4-2-3-5-16(12)20/h4-8,16H,3,10-12H2,1-2H3,(H,25,27);2-6,14H,8-10H2,1H3,(H,23,25)(H,26,27). The van der Waals surface area contributed by atoms with Crippen molar-refractivity contribution in [3.8, 4) is 12.1 Å². The van der Waals surface area contributed by atoms with Crippen molar-refractivity contribution in [2.45, 2.75) is 32.3 Å². The first kappa shape index (κ1) is 46.7. The third-order valence-corrected chi connectivity index (χ3v) is 12.6. The molecule has 4 heterocycles. The van der Waals surface area contributed by atoms with Crippen LogP contribution in [0.5, 0.6) is 0 Å². The predicted octanol–water partition coefficient (Wildman–Crippen LogP) is 3.87. The van der Waals surface area contributed by atoms with Crippen LogP contribution >= 0.6 is 23.2 Å². The molecule has 2 aromatic heterocycles. The van der Waals surface area contributed by atoms with Crippen LogP contribution in [0.3, 0.4) is 0 Å². The second-order valence-electron chi connectivity index (χ2n) is 14.1. The third-order valence-electron chi connectivity index (χ3n) is 9.54. The molecule has 324 valence electrons. The van der Waals surface area contributed by atoms with Gasteiger partial charge in [0.1, 0.15) is 23.8 Å². The van der Waals surface area contributed by atoms with Crippen LogP contribution < -0.4 is 19.2 Å². The number of sulfonamides is 2. The van der Waals surface area contributed by atoms with Gasteiger partial charge >= 0.3 is 11.9 Å².